The molecule has 2 nitrogen and oxygen atoms in total. The van der Waals surface area contributed by atoms with Crippen molar-refractivity contribution in [1.29, 1.82) is 0 Å². The van der Waals surface area contributed by atoms with Crippen LogP contribution in [0.3, 0.4) is 0 Å². The highest BCUT2D eigenvalue weighted by Gasteiger charge is 2.13. The van der Waals surface area contributed by atoms with Gasteiger partial charge in [0, 0.05) is 10.6 Å². The van der Waals surface area contributed by atoms with E-state index in [1.54, 1.807) is 6.92 Å². The fourth-order valence-electron chi connectivity index (χ4n) is 0.739. The molecule has 0 rings (SSSR count). The van der Waals surface area contributed by atoms with E-state index in [9.17, 15) is 8.42 Å². The lowest BCUT2D eigenvalue weighted by molar-refractivity contribution is 0.547. The Kier molecular flexibility index (Phi) is 5.41. The van der Waals surface area contributed by atoms with Gasteiger partial charge in [0.2, 0.25) is 0 Å². The zero-order valence-corrected chi connectivity index (χ0v) is 10.3. The number of alkyl halides is 1. The zero-order valence-electron chi connectivity index (χ0n) is 7.88. The Morgan fingerprint density at radius 2 is 1.83 bits per heavy atom. The first-order valence-electron chi connectivity index (χ1n) is 4.23. The molecule has 0 aromatic heterocycles. The van der Waals surface area contributed by atoms with Gasteiger partial charge in [0.05, 0.1) is 5.75 Å². The summed E-state index contributed by atoms with van der Waals surface area (Å²) in [4.78, 5) is 0.393. The van der Waals surface area contributed by atoms with Gasteiger partial charge in [-0.25, -0.2) is 8.42 Å². The number of sulfone groups is 1. The van der Waals surface area contributed by atoms with E-state index in [0.717, 1.165) is 6.42 Å². The van der Waals surface area contributed by atoms with Crippen LogP contribution in [-0.2, 0) is 9.84 Å². The van der Waals surface area contributed by atoms with Crippen molar-refractivity contribution < 1.29 is 8.42 Å². The molecule has 12 heavy (non-hydrogen) atoms. The largest absolute Gasteiger partial charge is 0.229 e. The minimum atomic E-state index is -2.77. The summed E-state index contributed by atoms with van der Waals surface area (Å²) >= 11 is 3.43. The van der Waals surface area contributed by atoms with Crippen LogP contribution in [0.1, 0.15) is 27.2 Å². The lowest BCUT2D eigenvalue weighted by atomic mass is 10.1. The molecule has 2 atom stereocenters. The molecule has 0 bridgehead atoms. The molecule has 0 saturated carbocycles. The molecule has 0 aliphatic heterocycles. The standard InChI is InChI=1S/C8H17BrO2S/c1-4-12(10,11)6-5-7(2)8(3)9/h7-8H,4-6H2,1-3H3. The second-order valence-corrected chi connectivity index (χ2v) is 7.10. The minimum absolute atomic E-state index is 0.260. The third-order valence-electron chi connectivity index (χ3n) is 2.11. The van der Waals surface area contributed by atoms with E-state index in [1.807, 2.05) is 6.92 Å². The molecule has 0 aromatic carbocycles. The minimum Gasteiger partial charge on any atom is -0.229 e. The monoisotopic (exact) mass is 256 g/mol. The Morgan fingerprint density at radius 3 is 2.17 bits per heavy atom. The van der Waals surface area contributed by atoms with Crippen LogP contribution >= 0.6 is 15.9 Å². The summed E-state index contributed by atoms with van der Waals surface area (Å²) in [6.07, 6.45) is 0.753. The normalized spacial score (nSPS) is 17.3. The molecule has 74 valence electrons. The van der Waals surface area contributed by atoms with Gasteiger partial charge < -0.3 is 0 Å². The van der Waals surface area contributed by atoms with Gasteiger partial charge in [0.25, 0.3) is 0 Å². The summed E-state index contributed by atoms with van der Waals surface area (Å²) in [6.45, 7) is 5.80. The summed E-state index contributed by atoms with van der Waals surface area (Å²) in [7, 11) is -2.77. The summed E-state index contributed by atoms with van der Waals surface area (Å²) in [5.74, 6) is 1.00. The molecule has 0 spiro atoms. The zero-order chi connectivity index (χ0) is 9.78. The molecular weight excluding hydrogens is 240 g/mol. The molecule has 0 amide bonds. The van der Waals surface area contributed by atoms with Crippen molar-refractivity contribution in [2.24, 2.45) is 5.92 Å². The Balaban J connectivity index is 3.84. The average molecular weight is 257 g/mol. The molecule has 0 aliphatic rings. The number of hydrogen-bond acceptors (Lipinski definition) is 2. The first kappa shape index (κ1) is 12.4. The first-order valence-corrected chi connectivity index (χ1v) is 6.97. The van der Waals surface area contributed by atoms with E-state index in [4.69, 9.17) is 0 Å². The van der Waals surface area contributed by atoms with E-state index < -0.39 is 9.84 Å². The van der Waals surface area contributed by atoms with Crippen molar-refractivity contribution in [2.75, 3.05) is 11.5 Å². The maximum absolute atomic E-state index is 11.1. The molecule has 0 aliphatic carbocycles. The van der Waals surface area contributed by atoms with Crippen molar-refractivity contribution >= 4 is 25.8 Å². The van der Waals surface area contributed by atoms with Gasteiger partial charge in [0.15, 0.2) is 0 Å². The summed E-state index contributed by atoms with van der Waals surface area (Å²) in [5.41, 5.74) is 0. The van der Waals surface area contributed by atoms with Crippen LogP contribution in [0.2, 0.25) is 0 Å². The highest BCUT2D eigenvalue weighted by molar-refractivity contribution is 9.09. The lowest BCUT2D eigenvalue weighted by Gasteiger charge is -2.12. The Morgan fingerprint density at radius 1 is 1.33 bits per heavy atom. The molecule has 0 saturated heterocycles. The van der Waals surface area contributed by atoms with E-state index in [2.05, 4.69) is 22.9 Å². The maximum Gasteiger partial charge on any atom is 0.150 e. The van der Waals surface area contributed by atoms with Gasteiger partial charge in [-0.15, -0.1) is 0 Å². The van der Waals surface area contributed by atoms with Crippen LogP contribution < -0.4 is 0 Å². The predicted molar refractivity (Wildman–Crippen MR) is 56.5 cm³/mol. The molecule has 0 radical (unpaired) electrons. The average Bonchev–Trinajstić information content (AvgIpc) is 2.00. The van der Waals surface area contributed by atoms with Crippen LogP contribution in [0, 0.1) is 5.92 Å². The third kappa shape index (κ3) is 5.14. The molecule has 0 heterocycles. The number of rotatable bonds is 5. The van der Waals surface area contributed by atoms with Crippen molar-refractivity contribution in [2.45, 2.75) is 32.0 Å². The maximum atomic E-state index is 11.1. The predicted octanol–water partition coefficient (Wildman–Crippen LogP) is 2.23. The Hall–Kier alpha value is 0.430. The number of halogens is 1. The Bertz CT molecular complexity index is 209. The topological polar surface area (TPSA) is 34.1 Å². The van der Waals surface area contributed by atoms with Gasteiger partial charge >= 0.3 is 0 Å². The molecule has 0 fully saturated rings. The van der Waals surface area contributed by atoms with Gasteiger partial charge in [0.1, 0.15) is 9.84 Å². The van der Waals surface area contributed by atoms with Crippen LogP contribution in [0.25, 0.3) is 0 Å². The first-order chi connectivity index (χ1) is 5.39. The van der Waals surface area contributed by atoms with Crippen molar-refractivity contribution in [1.82, 2.24) is 0 Å². The van der Waals surface area contributed by atoms with E-state index >= 15 is 0 Å². The second kappa shape index (κ2) is 5.22. The second-order valence-electron chi connectivity index (χ2n) is 3.18. The lowest BCUT2D eigenvalue weighted by Crippen LogP contribution is -2.15. The van der Waals surface area contributed by atoms with Gasteiger partial charge in [-0.1, -0.05) is 36.7 Å². The third-order valence-corrected chi connectivity index (χ3v) is 4.75. The SMILES string of the molecule is CCS(=O)(=O)CCC(C)C(C)Br. The highest BCUT2D eigenvalue weighted by atomic mass is 79.9. The van der Waals surface area contributed by atoms with Gasteiger partial charge in [-0.05, 0) is 12.3 Å². The Labute approximate surface area is 83.8 Å². The van der Waals surface area contributed by atoms with Crippen LogP contribution in [0.4, 0.5) is 0 Å². The summed E-state index contributed by atoms with van der Waals surface area (Å²) in [6, 6.07) is 0. The smallest absolute Gasteiger partial charge is 0.150 e. The van der Waals surface area contributed by atoms with Crippen LogP contribution in [0.15, 0.2) is 0 Å². The van der Waals surface area contributed by atoms with E-state index in [-0.39, 0.29) is 5.75 Å². The van der Waals surface area contributed by atoms with E-state index in [1.165, 1.54) is 0 Å². The molecule has 0 N–H and O–H groups in total. The van der Waals surface area contributed by atoms with E-state index in [0.29, 0.717) is 16.5 Å². The van der Waals surface area contributed by atoms with Gasteiger partial charge in [-0.3, -0.25) is 0 Å². The molecule has 2 unspecified atom stereocenters. The fraction of sp³-hybridized carbons (Fsp3) is 1.00. The van der Waals surface area contributed by atoms with Crippen molar-refractivity contribution in [3.8, 4) is 0 Å². The highest BCUT2D eigenvalue weighted by Crippen LogP contribution is 2.16. The number of hydrogen-bond donors (Lipinski definition) is 0. The molecular formula is C8H17BrO2S. The van der Waals surface area contributed by atoms with Gasteiger partial charge in [-0.2, -0.15) is 0 Å². The van der Waals surface area contributed by atoms with Crippen LogP contribution in [0.5, 0.6) is 0 Å². The molecule has 0 aromatic rings. The summed E-state index contributed by atoms with van der Waals surface area (Å²) in [5, 5.41) is 0. The van der Waals surface area contributed by atoms with Crippen LogP contribution in [-0.4, -0.2) is 24.8 Å². The quantitative estimate of drug-likeness (QED) is 0.708. The van der Waals surface area contributed by atoms with Crippen molar-refractivity contribution in [3.63, 3.8) is 0 Å². The fourth-order valence-corrected chi connectivity index (χ4v) is 2.02. The van der Waals surface area contributed by atoms with Crippen molar-refractivity contribution in [3.05, 3.63) is 0 Å². The summed E-state index contributed by atoms with van der Waals surface area (Å²) < 4.78 is 22.2. The molecule has 4 heteroatoms.